The molecule has 0 atom stereocenters. The zero-order valence-electron chi connectivity index (χ0n) is 16.1. The van der Waals surface area contributed by atoms with Gasteiger partial charge in [-0.3, -0.25) is 5.10 Å². The van der Waals surface area contributed by atoms with Crippen LogP contribution >= 0.6 is 0 Å². The van der Waals surface area contributed by atoms with E-state index in [9.17, 15) is 0 Å². The van der Waals surface area contributed by atoms with Crippen molar-refractivity contribution < 1.29 is 4.52 Å². The predicted molar refractivity (Wildman–Crippen MR) is 115 cm³/mol. The highest BCUT2D eigenvalue weighted by atomic mass is 16.5. The normalized spacial score (nSPS) is 11.6. The molecule has 0 aliphatic rings. The molecule has 2 N–H and O–H groups in total. The number of hydrogen-bond donors (Lipinski definition) is 2. The van der Waals surface area contributed by atoms with Gasteiger partial charge in [-0.1, -0.05) is 11.2 Å². The van der Waals surface area contributed by atoms with Gasteiger partial charge in [0.1, 0.15) is 0 Å². The fraction of sp³-hybridized carbons (Fsp3) is 0.0909. The van der Waals surface area contributed by atoms with E-state index in [0.717, 1.165) is 22.4 Å². The Kier molecular flexibility index (Phi) is 3.58. The monoisotopic (exact) mass is 395 g/mol. The standard InChI is InChI=1S/C22H17N7O/c1-29-9-6-14-10-13(2-5-18(14)29)11-17-16-4-3-15(12-19(16)30-28-17)25-22-20-21(26-27-22)24-8-7-23-20/h2-10,12H,11H2,1H3,(H2,24,25,26,27). The molecule has 0 aliphatic carbocycles. The van der Waals surface area contributed by atoms with Crippen LogP contribution in [-0.4, -0.2) is 29.9 Å². The predicted octanol–water partition coefficient (Wildman–Crippen LogP) is 4.32. The van der Waals surface area contributed by atoms with Gasteiger partial charge in [0.05, 0.1) is 5.69 Å². The maximum absolute atomic E-state index is 5.61. The van der Waals surface area contributed by atoms with Crippen LogP contribution in [0.2, 0.25) is 0 Å². The Morgan fingerprint density at radius 1 is 1.07 bits per heavy atom. The lowest BCUT2D eigenvalue weighted by atomic mass is 10.0. The number of hydrogen-bond acceptors (Lipinski definition) is 6. The third-order valence-corrected chi connectivity index (χ3v) is 5.33. The first kappa shape index (κ1) is 16.7. The summed E-state index contributed by atoms with van der Waals surface area (Å²) in [5, 5.41) is 16.9. The molecule has 2 aromatic carbocycles. The van der Waals surface area contributed by atoms with Crippen molar-refractivity contribution in [2.75, 3.05) is 5.32 Å². The number of rotatable bonds is 4. The minimum absolute atomic E-state index is 0.619. The van der Waals surface area contributed by atoms with E-state index in [0.29, 0.717) is 23.4 Å². The highest BCUT2D eigenvalue weighted by Gasteiger charge is 2.12. The van der Waals surface area contributed by atoms with Gasteiger partial charge in [-0.15, -0.1) is 0 Å². The fourth-order valence-electron chi connectivity index (χ4n) is 3.81. The van der Waals surface area contributed by atoms with Crippen LogP contribution in [-0.2, 0) is 13.5 Å². The highest BCUT2D eigenvalue weighted by Crippen LogP contribution is 2.28. The Morgan fingerprint density at radius 3 is 2.97 bits per heavy atom. The second-order valence-corrected chi connectivity index (χ2v) is 7.29. The molecule has 0 fully saturated rings. The van der Waals surface area contributed by atoms with E-state index in [1.54, 1.807) is 12.4 Å². The fourth-order valence-corrected chi connectivity index (χ4v) is 3.81. The lowest BCUT2D eigenvalue weighted by molar-refractivity contribution is 0.448. The smallest absolute Gasteiger partial charge is 0.180 e. The summed E-state index contributed by atoms with van der Waals surface area (Å²) in [6.07, 6.45) is 6.05. The SMILES string of the molecule is Cn1ccc2cc(Cc3noc4cc(Nc5n[nH]c6nccnc56)ccc34)ccc21. The van der Waals surface area contributed by atoms with E-state index in [1.165, 1.54) is 16.5 Å². The first-order valence-electron chi connectivity index (χ1n) is 9.59. The zero-order valence-corrected chi connectivity index (χ0v) is 16.1. The lowest BCUT2D eigenvalue weighted by Crippen LogP contribution is -1.92. The van der Waals surface area contributed by atoms with E-state index < -0.39 is 0 Å². The Bertz CT molecular complexity index is 1520. The van der Waals surface area contributed by atoms with Gasteiger partial charge in [-0.25, -0.2) is 9.97 Å². The number of aryl methyl sites for hydroxylation is 1. The number of benzene rings is 2. The van der Waals surface area contributed by atoms with Crippen LogP contribution in [0.3, 0.4) is 0 Å². The van der Waals surface area contributed by atoms with E-state index in [-0.39, 0.29) is 0 Å². The van der Waals surface area contributed by atoms with Gasteiger partial charge in [-0.2, -0.15) is 5.10 Å². The molecule has 0 aliphatic heterocycles. The number of anilines is 2. The van der Waals surface area contributed by atoms with E-state index >= 15 is 0 Å². The summed E-state index contributed by atoms with van der Waals surface area (Å²) in [6, 6.07) is 14.5. The molecule has 0 spiro atoms. The van der Waals surface area contributed by atoms with Crippen molar-refractivity contribution in [3.63, 3.8) is 0 Å². The molecule has 8 nitrogen and oxygen atoms in total. The van der Waals surface area contributed by atoms with Crippen molar-refractivity contribution in [1.29, 1.82) is 0 Å². The van der Waals surface area contributed by atoms with Gasteiger partial charge in [0.25, 0.3) is 0 Å². The Balaban J connectivity index is 1.30. The number of nitrogens with one attached hydrogen (secondary N) is 2. The molecule has 0 amide bonds. The molecule has 6 rings (SSSR count). The molecule has 4 heterocycles. The van der Waals surface area contributed by atoms with Crippen LogP contribution in [0.25, 0.3) is 33.0 Å². The van der Waals surface area contributed by atoms with E-state index in [1.807, 2.05) is 18.2 Å². The quantitative estimate of drug-likeness (QED) is 0.461. The van der Waals surface area contributed by atoms with Gasteiger partial charge in [-0.05, 0) is 41.3 Å². The molecule has 8 heteroatoms. The maximum atomic E-state index is 5.61. The van der Waals surface area contributed by atoms with Crippen molar-refractivity contribution in [3.05, 3.63) is 72.3 Å². The molecular weight excluding hydrogens is 378 g/mol. The van der Waals surface area contributed by atoms with E-state index in [4.69, 9.17) is 4.52 Å². The molecule has 0 bridgehead atoms. The number of aromatic nitrogens is 6. The molecule has 4 aromatic heterocycles. The Morgan fingerprint density at radius 2 is 2.00 bits per heavy atom. The average molecular weight is 395 g/mol. The van der Waals surface area contributed by atoms with Gasteiger partial charge in [0.2, 0.25) is 0 Å². The molecule has 0 unspecified atom stereocenters. The third-order valence-electron chi connectivity index (χ3n) is 5.33. The van der Waals surface area contributed by atoms with Gasteiger partial charge < -0.3 is 14.4 Å². The first-order valence-corrected chi connectivity index (χ1v) is 9.59. The topological polar surface area (TPSA) is 97.5 Å². The molecule has 146 valence electrons. The molecular formula is C22H17N7O. The zero-order chi connectivity index (χ0) is 20.1. The Hall–Kier alpha value is -4.20. The molecule has 6 aromatic rings. The van der Waals surface area contributed by atoms with Crippen LogP contribution < -0.4 is 5.32 Å². The summed E-state index contributed by atoms with van der Waals surface area (Å²) in [7, 11) is 2.05. The third kappa shape index (κ3) is 2.69. The number of H-pyrrole nitrogens is 1. The van der Waals surface area contributed by atoms with Crippen molar-refractivity contribution in [2.24, 2.45) is 7.05 Å². The summed E-state index contributed by atoms with van der Waals surface area (Å²) < 4.78 is 7.73. The summed E-state index contributed by atoms with van der Waals surface area (Å²) in [5.74, 6) is 0.619. The van der Waals surface area contributed by atoms with Crippen molar-refractivity contribution in [3.8, 4) is 0 Å². The van der Waals surface area contributed by atoms with Crippen molar-refractivity contribution in [1.82, 2.24) is 29.9 Å². The minimum Gasteiger partial charge on any atom is -0.356 e. The molecule has 0 saturated heterocycles. The summed E-state index contributed by atoms with van der Waals surface area (Å²) in [6.45, 7) is 0. The highest BCUT2D eigenvalue weighted by molar-refractivity contribution is 5.88. The van der Waals surface area contributed by atoms with Crippen LogP contribution in [0.1, 0.15) is 11.3 Å². The van der Waals surface area contributed by atoms with Crippen molar-refractivity contribution in [2.45, 2.75) is 6.42 Å². The average Bonchev–Trinajstić information content (AvgIpc) is 3.46. The number of fused-ring (bicyclic) bond motifs is 3. The summed E-state index contributed by atoms with van der Waals surface area (Å²) in [4.78, 5) is 8.52. The summed E-state index contributed by atoms with van der Waals surface area (Å²) in [5.41, 5.74) is 6.23. The molecule has 30 heavy (non-hydrogen) atoms. The lowest BCUT2D eigenvalue weighted by Gasteiger charge is -2.03. The van der Waals surface area contributed by atoms with Crippen LogP contribution in [0, 0.1) is 0 Å². The molecule has 0 saturated carbocycles. The van der Waals surface area contributed by atoms with Gasteiger partial charge in [0, 0.05) is 54.7 Å². The van der Waals surface area contributed by atoms with E-state index in [2.05, 4.69) is 72.7 Å². The first-order chi connectivity index (χ1) is 14.7. The van der Waals surface area contributed by atoms with Gasteiger partial charge in [0.15, 0.2) is 22.6 Å². The van der Waals surface area contributed by atoms with Crippen LogP contribution in [0.5, 0.6) is 0 Å². The second-order valence-electron chi connectivity index (χ2n) is 7.29. The Labute approximate surface area is 170 Å². The minimum atomic E-state index is 0.619. The largest absolute Gasteiger partial charge is 0.356 e. The molecule has 0 radical (unpaired) electrons. The second kappa shape index (κ2) is 6.41. The maximum Gasteiger partial charge on any atom is 0.180 e. The summed E-state index contributed by atoms with van der Waals surface area (Å²) >= 11 is 0. The van der Waals surface area contributed by atoms with Crippen LogP contribution in [0.15, 0.2) is 65.6 Å². The number of aromatic amines is 1. The van der Waals surface area contributed by atoms with Crippen LogP contribution in [0.4, 0.5) is 11.5 Å². The number of nitrogens with zero attached hydrogens (tertiary/aromatic N) is 5. The van der Waals surface area contributed by atoms with Crippen molar-refractivity contribution >= 4 is 44.5 Å². The van der Waals surface area contributed by atoms with Gasteiger partial charge >= 0.3 is 0 Å².